The van der Waals surface area contributed by atoms with E-state index in [4.69, 9.17) is 9.47 Å². The van der Waals surface area contributed by atoms with Gasteiger partial charge in [0, 0.05) is 5.69 Å². The number of carboxylic acid groups (broad SMARTS) is 1. The second-order valence-electron chi connectivity index (χ2n) is 7.08. The average Bonchev–Trinajstić information content (AvgIpc) is 2.83. The number of nitrogens with one attached hydrogen (secondary N) is 1. The van der Waals surface area contributed by atoms with Crippen molar-refractivity contribution in [3.05, 3.63) is 102 Å². The van der Waals surface area contributed by atoms with Gasteiger partial charge in [0.05, 0.1) is 11.1 Å². The van der Waals surface area contributed by atoms with Crippen molar-refractivity contribution in [3.63, 3.8) is 0 Å². The van der Waals surface area contributed by atoms with Gasteiger partial charge in [0.15, 0.2) is 0 Å². The van der Waals surface area contributed by atoms with Gasteiger partial charge in [0.1, 0.15) is 0 Å². The Hall–Kier alpha value is -4.46. The molecule has 0 saturated carbocycles. The molecule has 33 heavy (non-hydrogen) atoms. The third-order valence-corrected chi connectivity index (χ3v) is 4.58. The van der Waals surface area contributed by atoms with Crippen LogP contribution in [0.1, 0.15) is 26.3 Å². The second-order valence-corrected chi connectivity index (χ2v) is 7.08. The van der Waals surface area contributed by atoms with Crippen molar-refractivity contribution in [1.29, 1.82) is 0 Å². The highest BCUT2D eigenvalue weighted by Gasteiger charge is 2.41. The minimum Gasteiger partial charge on any atom is -0.478 e. The molecule has 3 aromatic rings. The maximum atomic E-state index is 13.0. The van der Waals surface area contributed by atoms with Crippen LogP contribution < -0.4 is 5.32 Å². The smallest absolute Gasteiger partial charge is 0.349 e. The fraction of sp³-hybridized carbons (Fsp3) is 0.120. The number of hydrogen-bond donors (Lipinski definition) is 2. The van der Waals surface area contributed by atoms with Crippen molar-refractivity contribution in [2.75, 3.05) is 5.32 Å². The quantitative estimate of drug-likeness (QED) is 0.508. The number of rotatable bonds is 8. The Morgan fingerprint density at radius 1 is 0.697 bits per heavy atom. The minimum absolute atomic E-state index is 0.0795. The lowest BCUT2D eigenvalue weighted by molar-refractivity contribution is -0.157. The summed E-state index contributed by atoms with van der Waals surface area (Å²) >= 11 is 0. The number of aliphatic carboxylic acids is 1. The maximum absolute atomic E-state index is 13.0. The van der Waals surface area contributed by atoms with Crippen LogP contribution in [-0.2, 0) is 19.1 Å². The number of amides is 1. The zero-order chi connectivity index (χ0) is 23.8. The summed E-state index contributed by atoms with van der Waals surface area (Å²) in [4.78, 5) is 50.0. The van der Waals surface area contributed by atoms with Gasteiger partial charge in [-0.1, -0.05) is 54.1 Å². The molecule has 0 heterocycles. The van der Waals surface area contributed by atoms with E-state index in [1.807, 2.05) is 6.92 Å². The van der Waals surface area contributed by atoms with Gasteiger partial charge < -0.3 is 19.9 Å². The molecule has 8 heteroatoms. The Morgan fingerprint density at radius 2 is 1.15 bits per heavy atom. The van der Waals surface area contributed by atoms with Crippen LogP contribution in [0, 0.1) is 6.92 Å². The number of esters is 2. The standard InChI is InChI=1S/C25H21NO7/c1-16-12-14-19(15-13-16)26-22(27)20(32-24(30)17-8-4-2-5-9-17)21(23(28)29)33-25(31)18-10-6-3-7-11-18/h2-15,20-21H,1H3,(H,26,27)(H,28,29). The topological polar surface area (TPSA) is 119 Å². The van der Waals surface area contributed by atoms with Crippen molar-refractivity contribution in [2.24, 2.45) is 0 Å². The van der Waals surface area contributed by atoms with Gasteiger partial charge in [-0.15, -0.1) is 0 Å². The molecular formula is C25H21NO7. The number of carbonyl (C=O) groups excluding carboxylic acids is 3. The van der Waals surface area contributed by atoms with E-state index in [9.17, 15) is 24.3 Å². The summed E-state index contributed by atoms with van der Waals surface area (Å²) in [6, 6.07) is 22.1. The van der Waals surface area contributed by atoms with Crippen LogP contribution in [0.4, 0.5) is 5.69 Å². The average molecular weight is 447 g/mol. The number of carboxylic acids is 1. The third-order valence-electron chi connectivity index (χ3n) is 4.58. The number of ether oxygens (including phenoxy) is 2. The van der Waals surface area contributed by atoms with E-state index in [2.05, 4.69) is 5.32 Å². The van der Waals surface area contributed by atoms with Crippen molar-refractivity contribution in [2.45, 2.75) is 19.1 Å². The van der Waals surface area contributed by atoms with Crippen molar-refractivity contribution in [3.8, 4) is 0 Å². The van der Waals surface area contributed by atoms with E-state index >= 15 is 0 Å². The number of benzene rings is 3. The third kappa shape index (κ3) is 6.27. The SMILES string of the molecule is Cc1ccc(NC(=O)C(OC(=O)c2ccccc2)C(OC(=O)c2ccccc2)C(=O)O)cc1. The fourth-order valence-electron chi connectivity index (χ4n) is 2.86. The van der Waals surface area contributed by atoms with E-state index in [1.54, 1.807) is 60.7 Å². The van der Waals surface area contributed by atoms with Gasteiger partial charge in [-0.25, -0.2) is 14.4 Å². The van der Waals surface area contributed by atoms with Crippen LogP contribution in [-0.4, -0.2) is 41.1 Å². The molecule has 0 saturated heterocycles. The highest BCUT2D eigenvalue weighted by molar-refractivity contribution is 6.01. The summed E-state index contributed by atoms with van der Waals surface area (Å²) in [6.45, 7) is 1.86. The van der Waals surface area contributed by atoms with Crippen LogP contribution in [0.5, 0.6) is 0 Å². The van der Waals surface area contributed by atoms with E-state index < -0.39 is 36.0 Å². The molecule has 2 unspecified atom stereocenters. The number of carbonyl (C=O) groups is 4. The molecule has 2 N–H and O–H groups in total. The molecule has 8 nitrogen and oxygen atoms in total. The van der Waals surface area contributed by atoms with Crippen LogP contribution in [0.2, 0.25) is 0 Å². The normalized spacial score (nSPS) is 12.2. The highest BCUT2D eigenvalue weighted by atomic mass is 16.6. The zero-order valence-electron chi connectivity index (χ0n) is 17.6. The van der Waals surface area contributed by atoms with Crippen molar-refractivity contribution >= 4 is 29.5 Å². The monoisotopic (exact) mass is 447 g/mol. The summed E-state index contributed by atoms with van der Waals surface area (Å²) in [5, 5.41) is 12.2. The molecule has 0 radical (unpaired) electrons. The Balaban J connectivity index is 1.89. The van der Waals surface area contributed by atoms with Crippen LogP contribution in [0.25, 0.3) is 0 Å². The van der Waals surface area contributed by atoms with Crippen molar-refractivity contribution < 1.29 is 33.8 Å². The second kappa shape index (κ2) is 10.7. The molecule has 0 aromatic heterocycles. The van der Waals surface area contributed by atoms with E-state index in [1.165, 1.54) is 24.3 Å². The molecule has 0 aliphatic rings. The van der Waals surface area contributed by atoms with Gasteiger partial charge in [-0.2, -0.15) is 0 Å². The number of anilines is 1. The summed E-state index contributed by atoms with van der Waals surface area (Å²) < 4.78 is 10.3. The van der Waals surface area contributed by atoms with E-state index in [0.29, 0.717) is 5.69 Å². The summed E-state index contributed by atoms with van der Waals surface area (Å²) in [5.74, 6) is -4.53. The predicted molar refractivity (Wildman–Crippen MR) is 119 cm³/mol. The molecule has 0 fully saturated rings. The van der Waals surface area contributed by atoms with Crippen LogP contribution in [0.15, 0.2) is 84.9 Å². The lowest BCUT2D eigenvalue weighted by Crippen LogP contribution is -2.48. The van der Waals surface area contributed by atoms with Crippen LogP contribution >= 0.6 is 0 Å². The largest absolute Gasteiger partial charge is 0.478 e. The Kier molecular flexibility index (Phi) is 7.54. The Morgan fingerprint density at radius 3 is 1.61 bits per heavy atom. The van der Waals surface area contributed by atoms with Gasteiger partial charge in [0.25, 0.3) is 5.91 Å². The van der Waals surface area contributed by atoms with Crippen molar-refractivity contribution in [1.82, 2.24) is 0 Å². The summed E-state index contributed by atoms with van der Waals surface area (Å²) in [6.07, 6.45) is -4.04. The molecular weight excluding hydrogens is 426 g/mol. The summed E-state index contributed by atoms with van der Waals surface area (Å²) in [7, 11) is 0. The lowest BCUT2D eigenvalue weighted by atomic mass is 10.1. The fourth-order valence-corrected chi connectivity index (χ4v) is 2.86. The van der Waals surface area contributed by atoms with Gasteiger partial charge in [-0.3, -0.25) is 4.79 Å². The van der Waals surface area contributed by atoms with Gasteiger partial charge in [-0.05, 0) is 43.3 Å². The number of hydrogen-bond acceptors (Lipinski definition) is 6. The first-order valence-corrected chi connectivity index (χ1v) is 9.97. The zero-order valence-corrected chi connectivity index (χ0v) is 17.6. The Labute approximate surface area is 189 Å². The maximum Gasteiger partial charge on any atom is 0.349 e. The van der Waals surface area contributed by atoms with E-state index in [0.717, 1.165) is 5.56 Å². The molecule has 0 bridgehead atoms. The molecule has 0 spiro atoms. The lowest BCUT2D eigenvalue weighted by Gasteiger charge is -2.23. The highest BCUT2D eigenvalue weighted by Crippen LogP contribution is 2.16. The first-order valence-electron chi connectivity index (χ1n) is 9.97. The molecule has 1 amide bonds. The first kappa shape index (κ1) is 23.2. The molecule has 3 rings (SSSR count). The molecule has 168 valence electrons. The van der Waals surface area contributed by atoms with E-state index in [-0.39, 0.29) is 11.1 Å². The molecule has 0 aliphatic heterocycles. The van der Waals surface area contributed by atoms with Gasteiger partial charge >= 0.3 is 17.9 Å². The molecule has 2 atom stereocenters. The Bertz CT molecular complexity index is 1130. The molecule has 3 aromatic carbocycles. The predicted octanol–water partition coefficient (Wildman–Crippen LogP) is 3.47. The summed E-state index contributed by atoms with van der Waals surface area (Å²) in [5.41, 5.74) is 1.48. The minimum atomic E-state index is -2.09. The van der Waals surface area contributed by atoms with Crippen LogP contribution in [0.3, 0.4) is 0 Å². The van der Waals surface area contributed by atoms with Gasteiger partial charge in [0.2, 0.25) is 12.2 Å². The molecule has 0 aliphatic carbocycles. The number of aryl methyl sites for hydroxylation is 1. The first-order chi connectivity index (χ1) is 15.8.